The maximum absolute atomic E-state index is 11.4. The Kier molecular flexibility index (Phi) is 4.39. The van der Waals surface area contributed by atoms with E-state index >= 15 is 0 Å². The van der Waals surface area contributed by atoms with Gasteiger partial charge in [0.1, 0.15) is 0 Å². The van der Waals surface area contributed by atoms with Crippen LogP contribution in [0.3, 0.4) is 0 Å². The molecular formula is C17H13ClN2O3. The summed E-state index contributed by atoms with van der Waals surface area (Å²) >= 11 is 5.96. The minimum absolute atomic E-state index is 0.385. The lowest BCUT2D eigenvalue weighted by atomic mass is 10.1. The molecular weight excluding hydrogens is 316 g/mol. The number of carbonyl (C=O) groups is 1. The van der Waals surface area contributed by atoms with Crippen molar-refractivity contribution in [2.24, 2.45) is 0 Å². The Morgan fingerprint density at radius 3 is 2.70 bits per heavy atom. The molecule has 3 aromatic rings. The maximum atomic E-state index is 11.4. The van der Waals surface area contributed by atoms with Gasteiger partial charge < -0.3 is 9.26 Å². The van der Waals surface area contributed by atoms with Gasteiger partial charge in [-0.3, -0.25) is 0 Å². The molecule has 0 aliphatic heterocycles. The minimum Gasteiger partial charge on any atom is -0.465 e. The molecule has 2 aromatic carbocycles. The van der Waals surface area contributed by atoms with Gasteiger partial charge in [-0.1, -0.05) is 28.9 Å². The van der Waals surface area contributed by atoms with Crippen LogP contribution in [0.2, 0.25) is 5.02 Å². The van der Waals surface area contributed by atoms with Crippen LogP contribution in [-0.2, 0) is 11.2 Å². The van der Waals surface area contributed by atoms with Gasteiger partial charge in [-0.15, -0.1) is 0 Å². The minimum atomic E-state index is -0.385. The number of rotatable bonds is 4. The molecule has 0 N–H and O–H groups in total. The number of aromatic nitrogens is 2. The van der Waals surface area contributed by atoms with Crippen molar-refractivity contribution in [2.75, 3.05) is 7.11 Å². The molecule has 5 nitrogen and oxygen atoms in total. The van der Waals surface area contributed by atoms with Gasteiger partial charge in [0.25, 0.3) is 5.89 Å². The topological polar surface area (TPSA) is 65.2 Å². The third-order valence-electron chi connectivity index (χ3n) is 3.27. The molecule has 0 aliphatic rings. The highest BCUT2D eigenvalue weighted by Crippen LogP contribution is 2.20. The number of halogens is 1. The number of esters is 1. The number of carbonyl (C=O) groups excluding carboxylic acids is 1. The molecule has 0 radical (unpaired) electrons. The Balaban J connectivity index is 1.77. The van der Waals surface area contributed by atoms with Gasteiger partial charge in [-0.05, 0) is 42.0 Å². The molecule has 0 bridgehead atoms. The van der Waals surface area contributed by atoms with Gasteiger partial charge in [-0.2, -0.15) is 4.98 Å². The number of hydrogen-bond acceptors (Lipinski definition) is 5. The van der Waals surface area contributed by atoms with E-state index < -0.39 is 0 Å². The fourth-order valence-corrected chi connectivity index (χ4v) is 2.35. The van der Waals surface area contributed by atoms with Crippen molar-refractivity contribution in [3.05, 3.63) is 70.5 Å². The van der Waals surface area contributed by atoms with Gasteiger partial charge in [0.2, 0.25) is 0 Å². The van der Waals surface area contributed by atoms with E-state index in [9.17, 15) is 4.79 Å². The predicted molar refractivity (Wildman–Crippen MR) is 85.3 cm³/mol. The van der Waals surface area contributed by atoms with Crippen LogP contribution in [0.1, 0.15) is 21.7 Å². The molecule has 0 saturated carbocycles. The average Bonchev–Trinajstić information content (AvgIpc) is 3.03. The van der Waals surface area contributed by atoms with E-state index in [1.165, 1.54) is 7.11 Å². The summed E-state index contributed by atoms with van der Waals surface area (Å²) in [5.74, 6) is 0.585. The van der Waals surface area contributed by atoms with Crippen LogP contribution in [0.4, 0.5) is 0 Å². The summed E-state index contributed by atoms with van der Waals surface area (Å²) in [5.41, 5.74) is 2.21. The normalized spacial score (nSPS) is 10.5. The van der Waals surface area contributed by atoms with Gasteiger partial charge in [0.15, 0.2) is 5.82 Å². The second-order valence-electron chi connectivity index (χ2n) is 4.89. The summed E-state index contributed by atoms with van der Waals surface area (Å²) in [5, 5.41) is 4.64. The third-order valence-corrected chi connectivity index (χ3v) is 3.51. The number of methoxy groups -OCH3 is 1. The molecule has 6 heteroatoms. The summed E-state index contributed by atoms with van der Waals surface area (Å²) < 4.78 is 9.93. The number of nitrogens with zero attached hydrogens (tertiary/aromatic N) is 2. The van der Waals surface area contributed by atoms with Gasteiger partial charge in [-0.25, -0.2) is 4.79 Å². The molecule has 1 heterocycles. The van der Waals surface area contributed by atoms with Crippen molar-refractivity contribution in [1.29, 1.82) is 0 Å². The fourth-order valence-electron chi connectivity index (χ4n) is 2.14. The van der Waals surface area contributed by atoms with Crippen LogP contribution in [0.5, 0.6) is 0 Å². The molecule has 0 unspecified atom stereocenters. The zero-order valence-electron chi connectivity index (χ0n) is 12.3. The number of benzene rings is 2. The Morgan fingerprint density at radius 1 is 1.22 bits per heavy atom. The quantitative estimate of drug-likeness (QED) is 0.682. The average molecular weight is 329 g/mol. The summed E-state index contributed by atoms with van der Waals surface area (Å²) in [6, 6.07) is 14.3. The van der Waals surface area contributed by atoms with Crippen LogP contribution in [0.15, 0.2) is 53.1 Å². The zero-order valence-corrected chi connectivity index (χ0v) is 13.1. The van der Waals surface area contributed by atoms with Crippen LogP contribution in [0, 0.1) is 0 Å². The fraction of sp³-hybridized carbons (Fsp3) is 0.118. The first-order valence-electron chi connectivity index (χ1n) is 6.91. The summed E-state index contributed by atoms with van der Waals surface area (Å²) in [6.07, 6.45) is 0.532. The number of hydrogen-bond donors (Lipinski definition) is 0. The van der Waals surface area contributed by atoms with Crippen molar-refractivity contribution in [3.8, 4) is 11.5 Å². The van der Waals surface area contributed by atoms with Gasteiger partial charge in [0, 0.05) is 17.0 Å². The number of ether oxygens (including phenoxy) is 1. The lowest BCUT2D eigenvalue weighted by Crippen LogP contribution is -2.00. The van der Waals surface area contributed by atoms with E-state index in [2.05, 4.69) is 14.9 Å². The molecule has 3 rings (SSSR count). The molecule has 116 valence electrons. The molecule has 0 aliphatic carbocycles. The standard InChI is InChI=1S/C17H13ClN2O3/c1-22-17(21)13-7-5-12(6-8-13)16-19-15(20-23-16)10-11-3-2-4-14(18)9-11/h2-9H,10H2,1H3. The Morgan fingerprint density at radius 2 is 2.00 bits per heavy atom. The van der Waals surface area contributed by atoms with E-state index in [-0.39, 0.29) is 5.97 Å². The summed E-state index contributed by atoms with van der Waals surface area (Å²) in [7, 11) is 1.34. The van der Waals surface area contributed by atoms with E-state index in [0.717, 1.165) is 11.1 Å². The zero-order chi connectivity index (χ0) is 16.2. The largest absolute Gasteiger partial charge is 0.465 e. The highest BCUT2D eigenvalue weighted by molar-refractivity contribution is 6.30. The van der Waals surface area contributed by atoms with Crippen LogP contribution in [0.25, 0.3) is 11.5 Å². The predicted octanol–water partition coefficient (Wildman–Crippen LogP) is 3.77. The Bertz CT molecular complexity index is 828. The van der Waals surface area contributed by atoms with E-state index in [4.69, 9.17) is 16.1 Å². The second-order valence-corrected chi connectivity index (χ2v) is 5.33. The molecule has 0 fully saturated rings. The van der Waals surface area contributed by atoms with Gasteiger partial charge >= 0.3 is 5.97 Å². The van der Waals surface area contributed by atoms with Crippen LogP contribution < -0.4 is 0 Å². The third kappa shape index (κ3) is 3.57. The smallest absolute Gasteiger partial charge is 0.337 e. The van der Waals surface area contributed by atoms with E-state index in [1.807, 2.05) is 24.3 Å². The Labute approximate surface area is 137 Å². The highest BCUT2D eigenvalue weighted by atomic mass is 35.5. The van der Waals surface area contributed by atoms with E-state index in [0.29, 0.717) is 28.7 Å². The first kappa shape index (κ1) is 15.2. The van der Waals surface area contributed by atoms with Crippen LogP contribution >= 0.6 is 11.6 Å². The van der Waals surface area contributed by atoms with Crippen molar-refractivity contribution in [3.63, 3.8) is 0 Å². The maximum Gasteiger partial charge on any atom is 0.337 e. The lowest BCUT2D eigenvalue weighted by molar-refractivity contribution is 0.0601. The Hall–Kier alpha value is -2.66. The van der Waals surface area contributed by atoms with Crippen molar-refractivity contribution >= 4 is 17.6 Å². The SMILES string of the molecule is COC(=O)c1ccc(-c2nc(Cc3cccc(Cl)c3)no2)cc1. The summed E-state index contributed by atoms with van der Waals surface area (Å²) in [6.45, 7) is 0. The molecule has 0 saturated heterocycles. The molecule has 1 aromatic heterocycles. The van der Waals surface area contributed by atoms with Crippen molar-refractivity contribution in [1.82, 2.24) is 10.1 Å². The molecule has 0 spiro atoms. The first-order chi connectivity index (χ1) is 11.2. The van der Waals surface area contributed by atoms with Gasteiger partial charge in [0.05, 0.1) is 12.7 Å². The highest BCUT2D eigenvalue weighted by Gasteiger charge is 2.11. The van der Waals surface area contributed by atoms with E-state index in [1.54, 1.807) is 24.3 Å². The van der Waals surface area contributed by atoms with Crippen molar-refractivity contribution < 1.29 is 14.1 Å². The molecule has 23 heavy (non-hydrogen) atoms. The monoisotopic (exact) mass is 328 g/mol. The van der Waals surface area contributed by atoms with Crippen LogP contribution in [-0.4, -0.2) is 23.2 Å². The lowest BCUT2D eigenvalue weighted by Gasteiger charge is -1.99. The molecule has 0 amide bonds. The molecule has 0 atom stereocenters. The first-order valence-corrected chi connectivity index (χ1v) is 7.29. The van der Waals surface area contributed by atoms with Crippen molar-refractivity contribution in [2.45, 2.75) is 6.42 Å². The summed E-state index contributed by atoms with van der Waals surface area (Å²) in [4.78, 5) is 15.8. The second kappa shape index (κ2) is 6.62.